The normalized spacial score (nSPS) is 16.6. The molecule has 25 heavy (non-hydrogen) atoms. The van der Waals surface area contributed by atoms with E-state index in [1.54, 1.807) is 21.6 Å². The van der Waals surface area contributed by atoms with Crippen molar-refractivity contribution in [3.8, 4) is 0 Å². The molecule has 0 saturated heterocycles. The molecular weight excluding hydrogens is 487 g/mol. The Labute approximate surface area is 182 Å². The average molecular weight is 513 g/mol. The van der Waals surface area contributed by atoms with Crippen LogP contribution in [0.25, 0.3) is 5.57 Å². The summed E-state index contributed by atoms with van der Waals surface area (Å²) in [5, 5.41) is 0. The maximum Gasteiger partial charge on any atom is -1.00 e. The summed E-state index contributed by atoms with van der Waals surface area (Å²) in [7, 11) is -0.243. The molecule has 4 heteroatoms. The number of benzene rings is 1. The van der Waals surface area contributed by atoms with Crippen LogP contribution in [-0.4, -0.2) is 9.98 Å². The zero-order valence-corrected chi connectivity index (χ0v) is 21.7. The first-order valence-corrected chi connectivity index (χ1v) is 19.7. The molecule has 1 aromatic rings. The van der Waals surface area contributed by atoms with Gasteiger partial charge in [-0.3, -0.25) is 12.2 Å². The van der Waals surface area contributed by atoms with E-state index in [1.807, 2.05) is 6.07 Å². The Balaban J connectivity index is 0. The summed E-state index contributed by atoms with van der Waals surface area (Å²) in [6.45, 7) is 6.39. The second kappa shape index (κ2) is 15.3. The molecular formula is C21H26Cl2GeZr-2. The van der Waals surface area contributed by atoms with Crippen molar-refractivity contribution in [2.24, 2.45) is 5.92 Å². The standard InChI is InChI=1S/C11H9.C8H11.C2H6Ge.2ClH.Zr/c1-2-6-10(7-3-1)11-8-4-5-9-11;1-6-4-7(2)8(3)5-6;1-3-2;;;/h1-3,6-9H,4H2;4,6H,1-3H3;1-2H3;2*1H;/q2*-1;;;;+2/p-2. The molecule has 134 valence electrons. The third kappa shape index (κ3) is 12.2. The molecule has 0 bridgehead atoms. The van der Waals surface area contributed by atoms with Gasteiger partial charge in [0.2, 0.25) is 0 Å². The van der Waals surface area contributed by atoms with E-state index in [1.165, 1.54) is 22.3 Å². The minimum Gasteiger partial charge on any atom is -1.00 e. The second-order valence-electron chi connectivity index (χ2n) is 5.99. The van der Waals surface area contributed by atoms with Gasteiger partial charge in [-0.1, -0.05) is 50.1 Å². The molecule has 1 aromatic carbocycles. The van der Waals surface area contributed by atoms with Crippen molar-refractivity contribution in [1.82, 2.24) is 0 Å². The molecule has 2 aliphatic carbocycles. The number of hydrogen-bond donors (Lipinski definition) is 0. The predicted octanol–water partition coefficient (Wildman–Crippen LogP) is -0.0427. The van der Waals surface area contributed by atoms with Gasteiger partial charge in [-0.25, -0.2) is 17.2 Å². The second-order valence-corrected chi connectivity index (χ2v) is 23.0. The minimum absolute atomic E-state index is 0. The quantitative estimate of drug-likeness (QED) is 0.366. The smallest absolute Gasteiger partial charge is 1.00 e. The Morgan fingerprint density at radius 2 is 1.64 bits per heavy atom. The molecule has 0 nitrogen and oxygen atoms in total. The van der Waals surface area contributed by atoms with E-state index in [9.17, 15) is 0 Å². The average Bonchev–Trinajstić information content (AvgIpc) is 3.11. The van der Waals surface area contributed by atoms with Crippen LogP contribution in [0.3, 0.4) is 0 Å². The fraction of sp³-hybridized carbons (Fsp3) is 0.333. The fourth-order valence-corrected chi connectivity index (χ4v) is 2.23. The largest absolute Gasteiger partial charge is 1.00 e. The number of rotatable bonds is 1. The molecule has 2 aliphatic rings. The zero-order valence-electron chi connectivity index (χ0n) is 15.7. The Hall–Kier alpha value is 0.186. The summed E-state index contributed by atoms with van der Waals surface area (Å²) in [4.78, 5) is 0. The van der Waals surface area contributed by atoms with Crippen LogP contribution in [0.5, 0.6) is 0 Å². The maximum absolute atomic E-state index is 3.29. The van der Waals surface area contributed by atoms with Crippen molar-refractivity contribution in [3.63, 3.8) is 0 Å². The molecule has 0 N–H and O–H groups in total. The maximum atomic E-state index is 3.29. The SMILES string of the molecule is CC1=[C-]C(C)C=C1C.[C-]1=CC(c2ccccc2)=CC1.[CH3][Ge]([CH3])=[Zr+2].[Cl-].[Cl-]. The first kappa shape index (κ1) is 27.4. The van der Waals surface area contributed by atoms with Crippen LogP contribution < -0.4 is 24.8 Å². The van der Waals surface area contributed by atoms with Gasteiger partial charge >= 0.3 is 43.1 Å². The van der Waals surface area contributed by atoms with Crippen molar-refractivity contribution >= 4 is 15.5 Å². The molecule has 0 saturated carbocycles. The summed E-state index contributed by atoms with van der Waals surface area (Å²) in [5.74, 6) is 5.30. The van der Waals surface area contributed by atoms with E-state index in [2.05, 4.69) is 86.9 Å². The van der Waals surface area contributed by atoms with Crippen LogP contribution in [0.15, 0.2) is 59.7 Å². The third-order valence-corrected chi connectivity index (χ3v) is 3.34. The summed E-state index contributed by atoms with van der Waals surface area (Å²) >= 11 is 1.80. The van der Waals surface area contributed by atoms with Crippen LogP contribution in [0.2, 0.25) is 11.5 Å². The van der Waals surface area contributed by atoms with E-state index in [0.29, 0.717) is 5.92 Å². The number of halogens is 2. The molecule has 0 amide bonds. The van der Waals surface area contributed by atoms with Crippen molar-refractivity contribution in [2.75, 3.05) is 0 Å². The van der Waals surface area contributed by atoms with Gasteiger partial charge in [0.15, 0.2) is 0 Å². The Kier molecular flexibility index (Phi) is 16.7. The van der Waals surface area contributed by atoms with Crippen LogP contribution in [0, 0.1) is 18.1 Å². The van der Waals surface area contributed by atoms with Gasteiger partial charge in [-0.15, -0.1) is 18.9 Å². The van der Waals surface area contributed by atoms with E-state index in [-0.39, 0.29) is 34.8 Å². The first-order chi connectivity index (χ1) is 10.9. The summed E-state index contributed by atoms with van der Waals surface area (Å²) in [6, 6.07) is 10.4. The van der Waals surface area contributed by atoms with Gasteiger partial charge in [0.25, 0.3) is 0 Å². The number of allylic oxidation sites excluding steroid dienone is 8. The molecule has 0 radical (unpaired) electrons. The van der Waals surface area contributed by atoms with Gasteiger partial charge in [0.1, 0.15) is 0 Å². The van der Waals surface area contributed by atoms with Crippen molar-refractivity contribution in [3.05, 3.63) is 77.4 Å². The van der Waals surface area contributed by atoms with Crippen molar-refractivity contribution in [2.45, 2.75) is 38.7 Å². The minimum atomic E-state index is -0.243. The zero-order chi connectivity index (χ0) is 17.2. The molecule has 0 aromatic heterocycles. The number of hydrogen-bond acceptors (Lipinski definition) is 0. The molecule has 1 unspecified atom stereocenters. The van der Waals surface area contributed by atoms with Gasteiger partial charge < -0.3 is 24.8 Å². The predicted molar refractivity (Wildman–Crippen MR) is 99.7 cm³/mol. The van der Waals surface area contributed by atoms with Crippen LogP contribution in [0.4, 0.5) is 0 Å². The van der Waals surface area contributed by atoms with Crippen LogP contribution in [0.1, 0.15) is 32.8 Å². The summed E-state index contributed by atoms with van der Waals surface area (Å²) in [5.41, 5.74) is 5.29. The van der Waals surface area contributed by atoms with Gasteiger partial charge in [-0.05, 0) is 0 Å². The monoisotopic (exact) mass is 512 g/mol. The van der Waals surface area contributed by atoms with Gasteiger partial charge in [-0.2, -0.15) is 17.7 Å². The molecule has 1 atom stereocenters. The fourth-order valence-electron chi connectivity index (χ4n) is 2.23. The summed E-state index contributed by atoms with van der Waals surface area (Å²) in [6.07, 6.45) is 13.9. The van der Waals surface area contributed by atoms with Gasteiger partial charge in [0, 0.05) is 0 Å². The molecule has 3 rings (SSSR count). The first-order valence-electron chi connectivity index (χ1n) is 8.03. The molecule has 0 spiro atoms. The van der Waals surface area contributed by atoms with E-state index in [4.69, 9.17) is 0 Å². The Morgan fingerprint density at radius 3 is 1.96 bits per heavy atom. The molecule has 0 aliphatic heterocycles. The van der Waals surface area contributed by atoms with E-state index in [0.717, 1.165) is 6.42 Å². The van der Waals surface area contributed by atoms with Crippen molar-refractivity contribution in [1.29, 1.82) is 0 Å². The molecule has 0 fully saturated rings. The van der Waals surface area contributed by atoms with Gasteiger partial charge in [0.05, 0.1) is 0 Å². The van der Waals surface area contributed by atoms with Crippen molar-refractivity contribution < 1.29 is 46.4 Å². The summed E-state index contributed by atoms with van der Waals surface area (Å²) < 4.78 is 0. The van der Waals surface area contributed by atoms with Crippen LogP contribution >= 0.6 is 0 Å². The van der Waals surface area contributed by atoms with Crippen LogP contribution in [-0.2, 0) is 21.6 Å². The van der Waals surface area contributed by atoms with E-state index < -0.39 is 0 Å². The van der Waals surface area contributed by atoms with E-state index >= 15 is 0 Å². The Morgan fingerprint density at radius 1 is 1.08 bits per heavy atom. The topological polar surface area (TPSA) is 0 Å². The third-order valence-electron chi connectivity index (χ3n) is 3.34. The molecule has 0 heterocycles. The Bertz CT molecular complexity index is 621.